The van der Waals surface area contributed by atoms with Gasteiger partial charge in [0.05, 0.1) is 16.7 Å². The molecule has 2 rings (SSSR count). The largest absolute Gasteiger partial charge is 0.437 e. The monoisotopic (exact) mass is 275 g/mol. The normalized spacial score (nSPS) is 11.1. The molecule has 0 amide bonds. The number of oxime groups is 1. The number of nitro groups is 1. The molecule has 3 N–H and O–H groups in total. The molecule has 0 saturated heterocycles. The number of rotatable bonds is 4. The second-order valence-electron chi connectivity index (χ2n) is 3.58. The first kappa shape index (κ1) is 13.2. The van der Waals surface area contributed by atoms with E-state index in [9.17, 15) is 10.1 Å². The molecule has 0 radical (unpaired) electrons. The number of nitrogens with zero attached hydrogens (tertiary/aromatic N) is 4. The van der Waals surface area contributed by atoms with Crippen molar-refractivity contribution in [2.45, 2.75) is 0 Å². The van der Waals surface area contributed by atoms with E-state index < -0.39 is 4.92 Å². The maximum atomic E-state index is 10.7. The molecular weight excluding hydrogens is 266 g/mol. The summed E-state index contributed by atoms with van der Waals surface area (Å²) < 4.78 is 5.40. The number of pyridine rings is 2. The molecule has 0 aromatic carbocycles. The van der Waals surface area contributed by atoms with Crippen molar-refractivity contribution in [2.75, 3.05) is 0 Å². The van der Waals surface area contributed by atoms with E-state index >= 15 is 0 Å². The van der Waals surface area contributed by atoms with Gasteiger partial charge in [0.15, 0.2) is 5.84 Å². The lowest BCUT2D eigenvalue weighted by Gasteiger charge is -2.08. The zero-order valence-electron chi connectivity index (χ0n) is 10.0. The average molecular weight is 275 g/mol. The van der Waals surface area contributed by atoms with Crippen LogP contribution in [-0.2, 0) is 0 Å². The predicted molar refractivity (Wildman–Crippen MR) is 67.7 cm³/mol. The first-order valence-corrected chi connectivity index (χ1v) is 5.32. The van der Waals surface area contributed by atoms with Crippen LogP contribution in [-0.4, -0.2) is 25.9 Å². The molecule has 2 aromatic heterocycles. The minimum atomic E-state index is -0.644. The van der Waals surface area contributed by atoms with Crippen LogP contribution in [0.15, 0.2) is 41.9 Å². The van der Waals surface area contributed by atoms with E-state index in [1.54, 1.807) is 18.3 Å². The SMILES string of the molecule is NC(=NO)c1cc([N+](=O)[O-])cnc1Oc1cccnc1. The average Bonchev–Trinajstić information content (AvgIpc) is 2.47. The van der Waals surface area contributed by atoms with Crippen LogP contribution >= 0.6 is 0 Å². The summed E-state index contributed by atoms with van der Waals surface area (Å²) in [5.41, 5.74) is 5.16. The highest BCUT2D eigenvalue weighted by molar-refractivity contribution is 5.99. The fourth-order valence-electron chi connectivity index (χ4n) is 1.38. The van der Waals surface area contributed by atoms with Crippen LogP contribution in [0.2, 0.25) is 0 Å². The Kier molecular flexibility index (Phi) is 3.70. The van der Waals surface area contributed by atoms with Gasteiger partial charge < -0.3 is 15.7 Å². The molecule has 0 atom stereocenters. The van der Waals surface area contributed by atoms with Crippen LogP contribution in [0.1, 0.15) is 5.56 Å². The Balaban J connectivity index is 2.44. The number of hydrogen-bond donors (Lipinski definition) is 2. The maximum Gasteiger partial charge on any atom is 0.288 e. The fourth-order valence-corrected chi connectivity index (χ4v) is 1.38. The van der Waals surface area contributed by atoms with Crippen LogP contribution in [0.3, 0.4) is 0 Å². The number of amidine groups is 1. The Bertz CT molecular complexity index is 659. The molecule has 0 bridgehead atoms. The summed E-state index contributed by atoms with van der Waals surface area (Å²) in [6.07, 6.45) is 4.00. The van der Waals surface area contributed by atoms with Gasteiger partial charge in [-0.2, -0.15) is 0 Å². The second-order valence-corrected chi connectivity index (χ2v) is 3.58. The molecule has 2 aromatic rings. The van der Waals surface area contributed by atoms with E-state index in [2.05, 4.69) is 15.1 Å². The first-order chi connectivity index (χ1) is 9.61. The van der Waals surface area contributed by atoms with Crippen LogP contribution < -0.4 is 10.5 Å². The minimum absolute atomic E-state index is 0.00514. The van der Waals surface area contributed by atoms with Crippen LogP contribution in [0.25, 0.3) is 0 Å². The van der Waals surface area contributed by atoms with E-state index in [-0.39, 0.29) is 23.0 Å². The molecule has 102 valence electrons. The lowest BCUT2D eigenvalue weighted by atomic mass is 10.2. The van der Waals surface area contributed by atoms with Gasteiger partial charge in [0.25, 0.3) is 5.69 Å². The zero-order chi connectivity index (χ0) is 14.5. The van der Waals surface area contributed by atoms with Crippen molar-refractivity contribution < 1.29 is 14.9 Å². The van der Waals surface area contributed by atoms with Crippen molar-refractivity contribution in [3.05, 3.63) is 52.5 Å². The molecule has 0 saturated carbocycles. The topological polar surface area (TPSA) is 137 Å². The van der Waals surface area contributed by atoms with Crippen molar-refractivity contribution in [2.24, 2.45) is 10.9 Å². The van der Waals surface area contributed by atoms with Gasteiger partial charge in [-0.25, -0.2) is 4.98 Å². The van der Waals surface area contributed by atoms with E-state index in [0.29, 0.717) is 5.75 Å². The Morgan fingerprint density at radius 3 is 2.90 bits per heavy atom. The Morgan fingerprint density at radius 1 is 1.50 bits per heavy atom. The van der Waals surface area contributed by atoms with Gasteiger partial charge >= 0.3 is 0 Å². The van der Waals surface area contributed by atoms with Gasteiger partial charge in [-0.15, -0.1) is 0 Å². The number of nitrogens with two attached hydrogens (primary N) is 1. The summed E-state index contributed by atoms with van der Waals surface area (Å²) in [6, 6.07) is 4.36. The van der Waals surface area contributed by atoms with Gasteiger partial charge in [0.2, 0.25) is 5.88 Å². The molecule has 0 aliphatic carbocycles. The van der Waals surface area contributed by atoms with Gasteiger partial charge in [0, 0.05) is 12.3 Å². The lowest BCUT2D eigenvalue weighted by Crippen LogP contribution is -2.15. The fraction of sp³-hybridized carbons (Fsp3) is 0. The smallest absolute Gasteiger partial charge is 0.288 e. The standard InChI is InChI=1S/C11H9N5O4/c12-10(15-17)9-4-7(16(18)19)5-14-11(9)20-8-2-1-3-13-6-8/h1-6,17H,(H2,12,15). The molecule has 0 unspecified atom stereocenters. The molecule has 20 heavy (non-hydrogen) atoms. The third-order valence-corrected chi connectivity index (χ3v) is 2.28. The lowest BCUT2D eigenvalue weighted by molar-refractivity contribution is -0.385. The molecule has 0 aliphatic rings. The summed E-state index contributed by atoms with van der Waals surface area (Å²) in [5.74, 6) is -0.0140. The Morgan fingerprint density at radius 2 is 2.30 bits per heavy atom. The highest BCUT2D eigenvalue weighted by atomic mass is 16.6. The third kappa shape index (κ3) is 2.77. The van der Waals surface area contributed by atoms with Gasteiger partial charge in [-0.05, 0) is 12.1 Å². The molecule has 0 spiro atoms. The summed E-state index contributed by atoms with van der Waals surface area (Å²) in [6.45, 7) is 0. The molecular formula is C11H9N5O4. The Hall–Kier alpha value is -3.23. The van der Waals surface area contributed by atoms with Gasteiger partial charge in [-0.1, -0.05) is 5.16 Å². The first-order valence-electron chi connectivity index (χ1n) is 5.32. The quantitative estimate of drug-likeness (QED) is 0.282. The number of hydrogen-bond acceptors (Lipinski definition) is 7. The van der Waals surface area contributed by atoms with Crippen molar-refractivity contribution >= 4 is 11.5 Å². The van der Waals surface area contributed by atoms with E-state index in [1.807, 2.05) is 0 Å². The summed E-state index contributed by atoms with van der Waals surface area (Å²) in [5, 5.41) is 22.2. The van der Waals surface area contributed by atoms with E-state index in [4.69, 9.17) is 15.7 Å². The van der Waals surface area contributed by atoms with E-state index in [0.717, 1.165) is 12.3 Å². The molecule has 9 heteroatoms. The molecule has 2 heterocycles. The van der Waals surface area contributed by atoms with Crippen molar-refractivity contribution in [1.82, 2.24) is 9.97 Å². The predicted octanol–water partition coefficient (Wildman–Crippen LogP) is 1.27. The van der Waals surface area contributed by atoms with Crippen LogP contribution in [0.4, 0.5) is 5.69 Å². The second kappa shape index (κ2) is 5.61. The van der Waals surface area contributed by atoms with Crippen molar-refractivity contribution in [3.63, 3.8) is 0 Å². The summed E-state index contributed by atoms with van der Waals surface area (Å²) in [4.78, 5) is 17.7. The third-order valence-electron chi connectivity index (χ3n) is 2.28. The van der Waals surface area contributed by atoms with Crippen LogP contribution in [0.5, 0.6) is 11.6 Å². The van der Waals surface area contributed by atoms with Gasteiger partial charge in [-0.3, -0.25) is 15.1 Å². The van der Waals surface area contributed by atoms with Crippen molar-refractivity contribution in [1.29, 1.82) is 0 Å². The number of aromatic nitrogens is 2. The highest BCUT2D eigenvalue weighted by Crippen LogP contribution is 2.25. The van der Waals surface area contributed by atoms with E-state index in [1.165, 1.54) is 6.20 Å². The molecule has 9 nitrogen and oxygen atoms in total. The van der Waals surface area contributed by atoms with Gasteiger partial charge in [0.1, 0.15) is 11.9 Å². The summed E-state index contributed by atoms with van der Waals surface area (Å²) in [7, 11) is 0. The molecule has 0 aliphatic heterocycles. The Labute approximate surface area is 112 Å². The minimum Gasteiger partial charge on any atom is -0.437 e. The molecule has 0 fully saturated rings. The maximum absolute atomic E-state index is 10.7. The zero-order valence-corrected chi connectivity index (χ0v) is 10.0. The number of ether oxygens (including phenoxy) is 1. The van der Waals surface area contributed by atoms with Crippen molar-refractivity contribution in [3.8, 4) is 11.6 Å². The highest BCUT2D eigenvalue weighted by Gasteiger charge is 2.17. The summed E-state index contributed by atoms with van der Waals surface area (Å²) >= 11 is 0. The van der Waals surface area contributed by atoms with Crippen LogP contribution in [0, 0.1) is 10.1 Å².